The molecule has 1 saturated heterocycles. The monoisotopic (exact) mass is 448 g/mol. The van der Waals surface area contributed by atoms with Gasteiger partial charge >= 0.3 is 6.09 Å². The van der Waals surface area contributed by atoms with Crippen LogP contribution < -0.4 is 16.4 Å². The topological polar surface area (TPSA) is 79.6 Å². The van der Waals surface area contributed by atoms with E-state index in [9.17, 15) is 4.79 Å². The third-order valence-corrected chi connectivity index (χ3v) is 6.36. The van der Waals surface area contributed by atoms with Crippen LogP contribution in [-0.2, 0) is 4.74 Å². The zero-order valence-corrected chi connectivity index (χ0v) is 18.8. The first kappa shape index (κ1) is 21.9. The van der Waals surface area contributed by atoms with Gasteiger partial charge in [0.15, 0.2) is 0 Å². The Morgan fingerprint density at radius 2 is 1.94 bits per heavy atom. The summed E-state index contributed by atoms with van der Waals surface area (Å²) >= 11 is 1.68. The summed E-state index contributed by atoms with van der Waals surface area (Å²) in [4.78, 5) is 15.6. The molecule has 4 N–H and O–H groups in total. The van der Waals surface area contributed by atoms with Gasteiger partial charge in [-0.25, -0.2) is 4.79 Å². The predicted molar refractivity (Wildman–Crippen MR) is 134 cm³/mol. The second-order valence-electron chi connectivity index (χ2n) is 7.77. The molecule has 4 rings (SSSR count). The first-order valence-electron chi connectivity index (χ1n) is 10.7. The van der Waals surface area contributed by atoms with Gasteiger partial charge in [-0.3, -0.25) is 10.2 Å². The highest BCUT2D eigenvalue weighted by Crippen LogP contribution is 2.32. The summed E-state index contributed by atoms with van der Waals surface area (Å²) in [6.07, 6.45) is 2.00. The van der Waals surface area contributed by atoms with E-state index in [1.54, 1.807) is 11.3 Å². The van der Waals surface area contributed by atoms with Gasteiger partial charge in [-0.1, -0.05) is 30.8 Å². The van der Waals surface area contributed by atoms with Crippen LogP contribution in [0, 0.1) is 0 Å². The number of likely N-dealkylation sites (tertiary alicyclic amines) is 1. The number of amides is 1. The highest BCUT2D eigenvalue weighted by atomic mass is 32.1. The first-order valence-corrected chi connectivity index (χ1v) is 11.6. The molecule has 166 valence electrons. The molecule has 0 bridgehead atoms. The van der Waals surface area contributed by atoms with Crippen LogP contribution in [0.25, 0.3) is 16.1 Å². The minimum Gasteiger partial charge on any atom is -0.448 e. The fourth-order valence-electron chi connectivity index (χ4n) is 3.71. The zero-order valence-electron chi connectivity index (χ0n) is 18.0. The van der Waals surface area contributed by atoms with Crippen molar-refractivity contribution in [1.82, 2.24) is 4.90 Å². The number of hydrogen-bond acceptors (Lipinski definition) is 6. The van der Waals surface area contributed by atoms with Crippen molar-refractivity contribution in [3.05, 3.63) is 72.1 Å². The van der Waals surface area contributed by atoms with Crippen molar-refractivity contribution in [2.45, 2.75) is 12.8 Å². The third-order valence-electron chi connectivity index (χ3n) is 5.44. The van der Waals surface area contributed by atoms with Crippen molar-refractivity contribution in [2.24, 2.45) is 0 Å². The number of nitrogens with one attached hydrogen (secondary N) is 2. The van der Waals surface area contributed by atoms with E-state index in [1.165, 1.54) is 17.7 Å². The summed E-state index contributed by atoms with van der Waals surface area (Å²) in [7, 11) is 0. The van der Waals surface area contributed by atoms with Gasteiger partial charge in [0.05, 0.1) is 11.4 Å². The number of nitrogens with zero attached hydrogens (tertiary/aromatic N) is 1. The van der Waals surface area contributed by atoms with Gasteiger partial charge in [-0.2, -0.15) is 0 Å². The van der Waals surface area contributed by atoms with E-state index < -0.39 is 6.09 Å². The lowest BCUT2D eigenvalue weighted by atomic mass is 10.1. The summed E-state index contributed by atoms with van der Waals surface area (Å²) in [5.74, 6) is 0. The van der Waals surface area contributed by atoms with Crippen LogP contribution in [0.3, 0.4) is 0 Å². The van der Waals surface area contributed by atoms with Gasteiger partial charge < -0.3 is 15.8 Å². The molecule has 0 saturated carbocycles. The Kier molecular flexibility index (Phi) is 7.09. The maximum atomic E-state index is 12.1. The van der Waals surface area contributed by atoms with Crippen molar-refractivity contribution >= 4 is 40.2 Å². The number of nitrogen functional groups attached to an aromatic ring is 1. The summed E-state index contributed by atoms with van der Waals surface area (Å²) in [6.45, 7) is 7.49. The Balaban J connectivity index is 1.36. The van der Waals surface area contributed by atoms with Gasteiger partial charge in [0.25, 0.3) is 0 Å². The van der Waals surface area contributed by atoms with Crippen LogP contribution >= 0.6 is 11.3 Å². The molecule has 7 heteroatoms. The normalized spacial score (nSPS) is 13.6. The second-order valence-corrected chi connectivity index (χ2v) is 8.72. The first-order chi connectivity index (χ1) is 15.6. The SMILES string of the molecule is C=C(Nc1cc(-c2cccs2)ccc1N)c1cccc(NC(=O)OCCN2CCCC2)c1. The van der Waals surface area contributed by atoms with Gasteiger partial charge in [0.1, 0.15) is 6.61 Å². The summed E-state index contributed by atoms with van der Waals surface area (Å²) in [5, 5.41) is 8.15. The highest BCUT2D eigenvalue weighted by Gasteiger charge is 2.12. The van der Waals surface area contributed by atoms with E-state index in [4.69, 9.17) is 10.5 Å². The summed E-state index contributed by atoms with van der Waals surface area (Å²) < 4.78 is 5.32. The van der Waals surface area contributed by atoms with Gasteiger partial charge in [-0.05, 0) is 72.8 Å². The molecule has 1 aliphatic rings. The lowest BCUT2D eigenvalue weighted by Gasteiger charge is -2.15. The highest BCUT2D eigenvalue weighted by molar-refractivity contribution is 7.13. The van der Waals surface area contributed by atoms with E-state index in [-0.39, 0.29) is 0 Å². The molecule has 2 aromatic carbocycles. The fourth-order valence-corrected chi connectivity index (χ4v) is 4.43. The van der Waals surface area contributed by atoms with Gasteiger partial charge in [0, 0.05) is 22.8 Å². The maximum Gasteiger partial charge on any atom is 0.411 e. The average Bonchev–Trinajstić information content (AvgIpc) is 3.50. The number of anilines is 3. The van der Waals surface area contributed by atoms with Gasteiger partial charge in [0.2, 0.25) is 0 Å². The average molecular weight is 449 g/mol. The van der Waals surface area contributed by atoms with Crippen molar-refractivity contribution < 1.29 is 9.53 Å². The minimum absolute atomic E-state index is 0.389. The molecule has 1 fully saturated rings. The Morgan fingerprint density at radius 3 is 2.72 bits per heavy atom. The second kappa shape index (κ2) is 10.3. The Labute approximate surface area is 192 Å². The molecule has 0 radical (unpaired) electrons. The molecular weight excluding hydrogens is 420 g/mol. The molecule has 0 spiro atoms. The number of nitrogens with two attached hydrogens (primary N) is 1. The van der Waals surface area contributed by atoms with E-state index in [0.717, 1.165) is 36.4 Å². The number of thiophene rings is 1. The van der Waals surface area contributed by atoms with Crippen LogP contribution in [0.15, 0.2) is 66.6 Å². The van der Waals surface area contributed by atoms with E-state index in [1.807, 2.05) is 53.9 Å². The van der Waals surface area contributed by atoms with Crippen LogP contribution in [0.4, 0.5) is 21.9 Å². The lowest BCUT2D eigenvalue weighted by Crippen LogP contribution is -2.26. The molecule has 0 aliphatic carbocycles. The number of benzene rings is 2. The van der Waals surface area contributed by atoms with Gasteiger partial charge in [-0.15, -0.1) is 11.3 Å². The van der Waals surface area contributed by atoms with Crippen molar-refractivity contribution in [3.8, 4) is 10.4 Å². The largest absolute Gasteiger partial charge is 0.448 e. The minimum atomic E-state index is -0.451. The predicted octanol–water partition coefficient (Wildman–Crippen LogP) is 5.72. The number of rotatable bonds is 8. The van der Waals surface area contributed by atoms with E-state index >= 15 is 0 Å². The molecule has 0 atom stereocenters. The molecule has 32 heavy (non-hydrogen) atoms. The molecular formula is C25H28N4O2S. The molecule has 2 heterocycles. The van der Waals surface area contributed by atoms with Crippen LogP contribution in [-0.4, -0.2) is 37.2 Å². The third kappa shape index (κ3) is 5.69. The van der Waals surface area contributed by atoms with Crippen LogP contribution in [0.2, 0.25) is 0 Å². The van der Waals surface area contributed by atoms with Crippen molar-refractivity contribution in [3.63, 3.8) is 0 Å². The Bertz CT molecular complexity index is 1080. The van der Waals surface area contributed by atoms with Crippen molar-refractivity contribution in [2.75, 3.05) is 42.6 Å². The summed E-state index contributed by atoms with van der Waals surface area (Å²) in [6, 6.07) is 17.5. The van der Waals surface area contributed by atoms with E-state index in [2.05, 4.69) is 28.2 Å². The van der Waals surface area contributed by atoms with Crippen LogP contribution in [0.1, 0.15) is 18.4 Å². The summed E-state index contributed by atoms with van der Waals surface area (Å²) in [5.41, 5.74) is 10.9. The number of carbonyl (C=O) groups is 1. The maximum absolute atomic E-state index is 12.1. The molecule has 0 unspecified atom stereocenters. The molecule has 3 aromatic rings. The molecule has 1 amide bonds. The van der Waals surface area contributed by atoms with Crippen molar-refractivity contribution in [1.29, 1.82) is 0 Å². The number of carbonyl (C=O) groups excluding carboxylic acids is 1. The standard InChI is InChI=1S/C25H28N4O2S/c1-18(27-23-17-20(9-10-22(23)26)24-8-5-15-32-24)19-6-4-7-21(16-19)28-25(30)31-14-13-29-11-2-3-12-29/h4-10,15-17,27H,1-3,11-14,26H2,(H,28,30). The number of ether oxygens (including phenoxy) is 1. The fraction of sp³-hybridized carbons (Fsp3) is 0.240. The molecule has 1 aromatic heterocycles. The Hall–Kier alpha value is -3.29. The zero-order chi connectivity index (χ0) is 22.3. The lowest BCUT2D eigenvalue weighted by molar-refractivity contribution is 0.146. The van der Waals surface area contributed by atoms with E-state index in [0.29, 0.717) is 23.7 Å². The molecule has 1 aliphatic heterocycles. The van der Waals surface area contributed by atoms with Crippen LogP contribution in [0.5, 0.6) is 0 Å². The molecule has 6 nitrogen and oxygen atoms in total. The Morgan fingerprint density at radius 1 is 1.09 bits per heavy atom. The quantitative estimate of drug-likeness (QED) is 0.384. The smallest absolute Gasteiger partial charge is 0.411 e. The number of hydrogen-bond donors (Lipinski definition) is 3.